The molecule has 0 aliphatic heterocycles. The largest absolute Gasteiger partial charge is 0.494 e. The maximum atomic E-state index is 12.2. The first-order valence-corrected chi connectivity index (χ1v) is 9.17. The van der Waals surface area contributed by atoms with Crippen LogP contribution in [0.1, 0.15) is 13.3 Å². The molecule has 0 atom stereocenters. The van der Waals surface area contributed by atoms with Crippen molar-refractivity contribution in [3.8, 4) is 5.75 Å². The van der Waals surface area contributed by atoms with Gasteiger partial charge < -0.3 is 4.74 Å². The quantitative estimate of drug-likeness (QED) is 0.826. The van der Waals surface area contributed by atoms with Crippen molar-refractivity contribution >= 4 is 43.0 Å². The Kier molecular flexibility index (Phi) is 5.06. The van der Waals surface area contributed by atoms with Gasteiger partial charge in [0.05, 0.1) is 12.3 Å². The zero-order valence-corrected chi connectivity index (χ0v) is 14.0. The summed E-state index contributed by atoms with van der Waals surface area (Å²) in [6, 6.07) is 8.63. The van der Waals surface area contributed by atoms with Gasteiger partial charge in [0.25, 0.3) is 10.0 Å². The van der Waals surface area contributed by atoms with E-state index in [0.717, 1.165) is 6.42 Å². The van der Waals surface area contributed by atoms with Crippen LogP contribution in [0.15, 0.2) is 44.4 Å². The Morgan fingerprint density at radius 3 is 2.80 bits per heavy atom. The molecule has 4 nitrogen and oxygen atoms in total. The van der Waals surface area contributed by atoms with Crippen LogP contribution in [0.5, 0.6) is 5.75 Å². The molecule has 108 valence electrons. The van der Waals surface area contributed by atoms with E-state index in [4.69, 9.17) is 4.74 Å². The SMILES string of the molecule is CCCOc1cccc(NS(=O)(=O)c2sccc2Br)c1. The number of benzene rings is 1. The molecule has 0 radical (unpaired) electrons. The maximum Gasteiger partial charge on any atom is 0.272 e. The molecule has 0 aliphatic rings. The summed E-state index contributed by atoms with van der Waals surface area (Å²) in [5.41, 5.74) is 0.485. The molecule has 2 rings (SSSR count). The Labute approximate surface area is 131 Å². The van der Waals surface area contributed by atoms with Gasteiger partial charge in [-0.25, -0.2) is 8.42 Å². The minimum atomic E-state index is -3.57. The highest BCUT2D eigenvalue weighted by atomic mass is 79.9. The van der Waals surface area contributed by atoms with E-state index < -0.39 is 10.0 Å². The van der Waals surface area contributed by atoms with Crippen LogP contribution in [0.25, 0.3) is 0 Å². The molecule has 0 spiro atoms. The number of ether oxygens (including phenoxy) is 1. The summed E-state index contributed by atoms with van der Waals surface area (Å²) in [5.74, 6) is 0.650. The Hall–Kier alpha value is -1.05. The van der Waals surface area contributed by atoms with Gasteiger partial charge in [-0.3, -0.25) is 4.72 Å². The summed E-state index contributed by atoms with van der Waals surface area (Å²) >= 11 is 4.40. The van der Waals surface area contributed by atoms with Crippen molar-refractivity contribution in [1.29, 1.82) is 0 Å². The lowest BCUT2D eigenvalue weighted by molar-refractivity contribution is 0.317. The summed E-state index contributed by atoms with van der Waals surface area (Å²) in [6.07, 6.45) is 0.901. The fourth-order valence-corrected chi connectivity index (χ4v) is 4.93. The van der Waals surface area contributed by atoms with E-state index in [2.05, 4.69) is 20.7 Å². The normalized spacial score (nSPS) is 11.3. The topological polar surface area (TPSA) is 55.4 Å². The van der Waals surface area contributed by atoms with Crippen molar-refractivity contribution in [2.45, 2.75) is 17.6 Å². The monoisotopic (exact) mass is 375 g/mol. The lowest BCUT2D eigenvalue weighted by atomic mass is 10.3. The second-order valence-corrected chi connectivity index (χ2v) is 7.69. The van der Waals surface area contributed by atoms with Gasteiger partial charge in [0.15, 0.2) is 4.21 Å². The van der Waals surface area contributed by atoms with Crippen LogP contribution < -0.4 is 9.46 Å². The van der Waals surface area contributed by atoms with E-state index in [0.29, 0.717) is 22.5 Å². The van der Waals surface area contributed by atoms with E-state index in [9.17, 15) is 8.42 Å². The van der Waals surface area contributed by atoms with Gasteiger partial charge in [0.2, 0.25) is 0 Å². The molecular formula is C13H14BrNO3S2. The van der Waals surface area contributed by atoms with E-state index in [1.165, 1.54) is 11.3 Å². The van der Waals surface area contributed by atoms with Crippen LogP contribution in [0.2, 0.25) is 0 Å². The van der Waals surface area contributed by atoms with E-state index in [1.54, 1.807) is 35.7 Å². The minimum absolute atomic E-state index is 0.261. The van der Waals surface area contributed by atoms with Crippen molar-refractivity contribution in [2.75, 3.05) is 11.3 Å². The molecule has 0 aliphatic carbocycles. The predicted molar refractivity (Wildman–Crippen MR) is 85.1 cm³/mol. The van der Waals surface area contributed by atoms with Gasteiger partial charge in [0.1, 0.15) is 5.75 Å². The van der Waals surface area contributed by atoms with Gasteiger partial charge in [-0.2, -0.15) is 0 Å². The minimum Gasteiger partial charge on any atom is -0.494 e. The second-order valence-electron chi connectivity index (χ2n) is 4.04. The molecule has 1 aromatic carbocycles. The highest BCUT2D eigenvalue weighted by molar-refractivity contribution is 9.10. The van der Waals surface area contributed by atoms with Gasteiger partial charge in [-0.15, -0.1) is 11.3 Å². The predicted octanol–water partition coefficient (Wildman–Crippen LogP) is 4.10. The third kappa shape index (κ3) is 3.74. The Morgan fingerprint density at radius 2 is 2.15 bits per heavy atom. The zero-order chi connectivity index (χ0) is 14.6. The number of sulfonamides is 1. The van der Waals surface area contributed by atoms with Crippen LogP contribution in [-0.4, -0.2) is 15.0 Å². The van der Waals surface area contributed by atoms with Crippen LogP contribution in [0.3, 0.4) is 0 Å². The molecule has 2 aromatic rings. The smallest absolute Gasteiger partial charge is 0.272 e. The molecule has 0 unspecified atom stereocenters. The first-order valence-electron chi connectivity index (χ1n) is 6.01. The molecular weight excluding hydrogens is 362 g/mol. The molecule has 0 bridgehead atoms. The van der Waals surface area contributed by atoms with E-state index >= 15 is 0 Å². The summed E-state index contributed by atoms with van der Waals surface area (Å²) in [5, 5.41) is 1.72. The molecule has 0 fully saturated rings. The second kappa shape index (κ2) is 6.60. The average molecular weight is 376 g/mol. The number of halogens is 1. The molecule has 7 heteroatoms. The molecule has 0 amide bonds. The average Bonchev–Trinajstić information content (AvgIpc) is 2.83. The highest BCUT2D eigenvalue weighted by Gasteiger charge is 2.19. The van der Waals surface area contributed by atoms with Crippen LogP contribution >= 0.6 is 27.3 Å². The number of hydrogen-bond donors (Lipinski definition) is 1. The van der Waals surface area contributed by atoms with Gasteiger partial charge in [0, 0.05) is 10.5 Å². The molecule has 0 saturated heterocycles. The first-order chi connectivity index (χ1) is 9.53. The number of anilines is 1. The Morgan fingerprint density at radius 1 is 1.35 bits per heavy atom. The number of nitrogens with one attached hydrogen (secondary N) is 1. The van der Waals surface area contributed by atoms with E-state index in [-0.39, 0.29) is 4.21 Å². The lowest BCUT2D eigenvalue weighted by Gasteiger charge is -2.09. The van der Waals surface area contributed by atoms with Gasteiger partial charge in [-0.1, -0.05) is 13.0 Å². The van der Waals surface area contributed by atoms with Crippen molar-refractivity contribution < 1.29 is 13.2 Å². The first kappa shape index (κ1) is 15.3. The van der Waals surface area contributed by atoms with Crippen molar-refractivity contribution in [3.05, 3.63) is 40.2 Å². The fourth-order valence-electron chi connectivity index (χ4n) is 1.54. The van der Waals surface area contributed by atoms with Gasteiger partial charge >= 0.3 is 0 Å². The zero-order valence-electron chi connectivity index (χ0n) is 10.8. The standard InChI is InChI=1S/C13H14BrNO3S2/c1-2-7-18-11-5-3-4-10(9-11)15-20(16,17)13-12(14)6-8-19-13/h3-6,8-9,15H,2,7H2,1H3. The third-order valence-corrected chi connectivity index (χ3v) is 6.44. The van der Waals surface area contributed by atoms with Crippen molar-refractivity contribution in [1.82, 2.24) is 0 Å². The van der Waals surface area contributed by atoms with E-state index in [1.807, 2.05) is 6.92 Å². The molecule has 1 aromatic heterocycles. The number of hydrogen-bond acceptors (Lipinski definition) is 4. The summed E-state index contributed by atoms with van der Waals surface area (Å²) in [7, 11) is -3.57. The summed E-state index contributed by atoms with van der Waals surface area (Å²) in [4.78, 5) is 0. The molecule has 1 heterocycles. The summed E-state index contributed by atoms with van der Waals surface area (Å²) in [6.45, 7) is 2.62. The Balaban J connectivity index is 2.19. The third-order valence-electron chi connectivity index (χ3n) is 2.39. The number of rotatable bonds is 6. The molecule has 20 heavy (non-hydrogen) atoms. The fraction of sp³-hybridized carbons (Fsp3) is 0.231. The van der Waals surface area contributed by atoms with Crippen LogP contribution in [0.4, 0.5) is 5.69 Å². The van der Waals surface area contributed by atoms with Crippen molar-refractivity contribution in [3.63, 3.8) is 0 Å². The molecule has 0 saturated carbocycles. The van der Waals surface area contributed by atoms with Gasteiger partial charge in [-0.05, 0) is 45.9 Å². The van der Waals surface area contributed by atoms with Crippen LogP contribution in [0, 0.1) is 0 Å². The Bertz CT molecular complexity index is 682. The summed E-state index contributed by atoms with van der Waals surface area (Å²) < 4.78 is 33.3. The number of thiophene rings is 1. The molecule has 1 N–H and O–H groups in total. The lowest BCUT2D eigenvalue weighted by Crippen LogP contribution is -2.12. The van der Waals surface area contributed by atoms with Crippen molar-refractivity contribution in [2.24, 2.45) is 0 Å². The van der Waals surface area contributed by atoms with Crippen LogP contribution in [-0.2, 0) is 10.0 Å². The highest BCUT2D eigenvalue weighted by Crippen LogP contribution is 2.29. The maximum absolute atomic E-state index is 12.2.